The van der Waals surface area contributed by atoms with E-state index in [1.165, 1.54) is 18.4 Å². The Hall–Kier alpha value is -0.463. The largest absolute Gasteiger partial charge is 0.407 e. The van der Waals surface area contributed by atoms with Crippen molar-refractivity contribution in [1.82, 2.24) is 0 Å². The predicted octanol–water partition coefficient (Wildman–Crippen LogP) is 7.89. The van der Waals surface area contributed by atoms with Gasteiger partial charge in [0.1, 0.15) is 0 Å². The third-order valence-electron chi connectivity index (χ3n) is 6.44. The van der Waals surface area contributed by atoms with Gasteiger partial charge in [-0.3, -0.25) is 0 Å². The Morgan fingerprint density at radius 2 is 1.21 bits per heavy atom. The van der Waals surface area contributed by atoms with Crippen molar-refractivity contribution < 1.29 is 9.53 Å². The van der Waals surface area contributed by atoms with Crippen molar-refractivity contribution in [3.8, 4) is 0 Å². The molecule has 2 aliphatic rings. The molecule has 2 aliphatic carbocycles. The highest BCUT2D eigenvalue weighted by Gasteiger charge is 2.52. The van der Waals surface area contributed by atoms with E-state index in [0.717, 1.165) is 27.4 Å². The second-order valence-electron chi connectivity index (χ2n) is 9.90. The van der Waals surface area contributed by atoms with Crippen LogP contribution in [0.15, 0.2) is 57.5 Å². The highest BCUT2D eigenvalue weighted by molar-refractivity contribution is 9.10. The maximum Gasteiger partial charge on any atom is 0.193 e. The normalized spacial score (nSPS) is 19.2. The summed E-state index contributed by atoms with van der Waals surface area (Å²) in [5.74, 6) is 0. The molecular formula is C24H32Br2O2Si. The molecule has 1 N–H and O–H groups in total. The Bertz CT molecular complexity index is 831. The van der Waals surface area contributed by atoms with Gasteiger partial charge in [-0.25, -0.2) is 0 Å². The van der Waals surface area contributed by atoms with Crippen LogP contribution >= 0.6 is 31.9 Å². The van der Waals surface area contributed by atoms with Gasteiger partial charge in [0.25, 0.3) is 0 Å². The quantitative estimate of drug-likeness (QED) is 0.400. The third-order valence-corrected chi connectivity index (χ3v) is 12.0. The van der Waals surface area contributed by atoms with E-state index in [4.69, 9.17) is 4.43 Å². The van der Waals surface area contributed by atoms with E-state index in [1.807, 2.05) is 24.3 Å². The van der Waals surface area contributed by atoms with Crippen LogP contribution in [0.3, 0.4) is 0 Å². The summed E-state index contributed by atoms with van der Waals surface area (Å²) in [6.45, 7) is 11.6. The van der Waals surface area contributed by atoms with Crippen molar-refractivity contribution in [1.29, 1.82) is 0 Å². The molecule has 0 aromatic heterocycles. The number of rotatable bonds is 4. The lowest BCUT2D eigenvalue weighted by molar-refractivity contribution is 0.151. The second kappa shape index (κ2) is 8.23. The van der Waals surface area contributed by atoms with Gasteiger partial charge in [0.05, 0.1) is 11.2 Å². The van der Waals surface area contributed by atoms with Crippen LogP contribution in [0, 0.1) is 0 Å². The monoisotopic (exact) mass is 538 g/mol. The zero-order valence-corrected chi connectivity index (χ0v) is 22.2. The van der Waals surface area contributed by atoms with E-state index in [2.05, 4.69) is 90.0 Å². The fraction of sp³-hybridized carbons (Fsp3) is 0.500. The Kier molecular flexibility index (Phi) is 6.59. The summed E-state index contributed by atoms with van der Waals surface area (Å²) in [5, 5.41) is 9.95. The molecule has 2 nitrogen and oxygen atoms in total. The van der Waals surface area contributed by atoms with Gasteiger partial charge < -0.3 is 9.53 Å². The van der Waals surface area contributed by atoms with Crippen LogP contribution in [0.2, 0.25) is 18.1 Å². The minimum Gasteiger partial charge on any atom is -0.407 e. The molecule has 0 unspecified atom stereocenters. The van der Waals surface area contributed by atoms with Gasteiger partial charge in [0, 0.05) is 8.95 Å². The van der Waals surface area contributed by atoms with Crippen LogP contribution < -0.4 is 0 Å². The van der Waals surface area contributed by atoms with Crippen molar-refractivity contribution in [2.75, 3.05) is 0 Å². The molecule has 158 valence electrons. The lowest BCUT2D eigenvalue weighted by Crippen LogP contribution is -2.44. The first kappa shape index (κ1) is 23.2. The second-order valence-corrected chi connectivity index (χ2v) is 16.5. The zero-order valence-electron chi connectivity index (χ0n) is 18.1. The SMILES string of the molecule is CC(C)(C)[Si](C)(C)OC1(c2ccc(Br)cc2)CC1.OC1(c2ccc(Br)cc2)CC1. The highest BCUT2D eigenvalue weighted by Crippen LogP contribution is 2.54. The molecule has 2 aromatic carbocycles. The van der Waals surface area contributed by atoms with E-state index in [1.54, 1.807) is 0 Å². The first-order chi connectivity index (χ1) is 13.4. The summed E-state index contributed by atoms with van der Waals surface area (Å²) in [5.41, 5.74) is 1.92. The molecule has 2 saturated carbocycles. The number of halogens is 2. The molecule has 4 rings (SSSR count). The topological polar surface area (TPSA) is 29.5 Å². The smallest absolute Gasteiger partial charge is 0.193 e. The molecule has 0 bridgehead atoms. The summed E-state index contributed by atoms with van der Waals surface area (Å²) in [4.78, 5) is 0. The van der Waals surface area contributed by atoms with Crippen LogP contribution in [-0.2, 0) is 15.6 Å². The lowest BCUT2D eigenvalue weighted by atomic mass is 10.1. The van der Waals surface area contributed by atoms with E-state index in [9.17, 15) is 5.11 Å². The molecule has 0 spiro atoms. The summed E-state index contributed by atoms with van der Waals surface area (Å²) in [6.07, 6.45) is 4.16. The molecule has 0 amide bonds. The number of hydrogen-bond acceptors (Lipinski definition) is 2. The fourth-order valence-corrected chi connectivity index (χ4v) is 5.26. The van der Waals surface area contributed by atoms with Crippen LogP contribution in [0.5, 0.6) is 0 Å². The minimum absolute atomic E-state index is 0.0176. The Labute approximate surface area is 193 Å². The van der Waals surface area contributed by atoms with Crippen LogP contribution in [-0.4, -0.2) is 13.4 Å². The molecule has 2 aromatic rings. The molecule has 0 atom stereocenters. The number of hydrogen-bond donors (Lipinski definition) is 1. The van der Waals surface area contributed by atoms with Crippen LogP contribution in [0.4, 0.5) is 0 Å². The van der Waals surface area contributed by atoms with Crippen LogP contribution in [0.1, 0.15) is 57.6 Å². The maximum absolute atomic E-state index is 9.68. The molecule has 0 saturated heterocycles. The van der Waals surface area contributed by atoms with E-state index in [0.29, 0.717) is 0 Å². The summed E-state index contributed by atoms with van der Waals surface area (Å²) in [6, 6.07) is 16.5. The minimum atomic E-state index is -1.69. The molecule has 29 heavy (non-hydrogen) atoms. The van der Waals surface area contributed by atoms with Crippen molar-refractivity contribution >= 4 is 40.2 Å². The Balaban J connectivity index is 0.000000186. The molecular weight excluding hydrogens is 508 g/mol. The van der Waals surface area contributed by atoms with Gasteiger partial charge in [-0.1, -0.05) is 76.9 Å². The summed E-state index contributed by atoms with van der Waals surface area (Å²) >= 11 is 6.84. The Morgan fingerprint density at radius 1 is 0.793 bits per heavy atom. The van der Waals surface area contributed by atoms with Gasteiger partial charge in [-0.05, 0) is 79.2 Å². The van der Waals surface area contributed by atoms with Gasteiger partial charge in [-0.2, -0.15) is 0 Å². The van der Waals surface area contributed by atoms with Crippen molar-refractivity contribution in [2.45, 2.75) is 75.8 Å². The van der Waals surface area contributed by atoms with E-state index in [-0.39, 0.29) is 10.6 Å². The van der Waals surface area contributed by atoms with Crippen LogP contribution in [0.25, 0.3) is 0 Å². The summed E-state index contributed by atoms with van der Waals surface area (Å²) < 4.78 is 8.84. The number of benzene rings is 2. The fourth-order valence-electron chi connectivity index (χ4n) is 3.13. The standard InChI is InChI=1S/C15H23BrOSi.C9H9BrO/c1-14(2,3)18(4,5)17-15(10-11-15)12-6-8-13(16)9-7-12;10-8-3-1-7(2-4-8)9(11)5-6-9/h6-9H,10-11H2,1-5H3;1-4,11H,5-6H2. The van der Waals surface area contributed by atoms with Gasteiger partial charge in [0.2, 0.25) is 0 Å². The molecule has 0 heterocycles. The van der Waals surface area contributed by atoms with Crippen molar-refractivity contribution in [3.63, 3.8) is 0 Å². The van der Waals surface area contributed by atoms with E-state index < -0.39 is 13.9 Å². The molecule has 2 fully saturated rings. The van der Waals surface area contributed by atoms with Gasteiger partial charge >= 0.3 is 0 Å². The number of aliphatic hydroxyl groups is 1. The average Bonchev–Trinajstić information content (AvgIpc) is 3.55. The first-order valence-electron chi connectivity index (χ1n) is 10.3. The van der Waals surface area contributed by atoms with E-state index >= 15 is 0 Å². The predicted molar refractivity (Wildman–Crippen MR) is 131 cm³/mol. The molecule has 5 heteroatoms. The van der Waals surface area contributed by atoms with Crippen molar-refractivity contribution in [2.24, 2.45) is 0 Å². The Morgan fingerprint density at radius 3 is 1.55 bits per heavy atom. The summed E-state index contributed by atoms with van der Waals surface area (Å²) in [7, 11) is -1.69. The lowest BCUT2D eigenvalue weighted by Gasteiger charge is -2.39. The first-order valence-corrected chi connectivity index (χ1v) is 14.8. The molecule has 0 radical (unpaired) electrons. The zero-order chi connectivity index (χ0) is 21.5. The van der Waals surface area contributed by atoms with Crippen molar-refractivity contribution in [3.05, 3.63) is 68.6 Å². The maximum atomic E-state index is 9.68. The molecule has 0 aliphatic heterocycles. The highest BCUT2D eigenvalue weighted by atomic mass is 79.9. The average molecular weight is 540 g/mol. The van der Waals surface area contributed by atoms with Gasteiger partial charge in [-0.15, -0.1) is 0 Å². The third kappa shape index (κ3) is 5.62. The van der Waals surface area contributed by atoms with Gasteiger partial charge in [0.15, 0.2) is 8.32 Å².